The predicted molar refractivity (Wildman–Crippen MR) is 163 cm³/mol. The number of anilines is 2. The molecule has 0 aliphatic carbocycles. The molecule has 0 spiro atoms. The van der Waals surface area contributed by atoms with Gasteiger partial charge in [0.15, 0.2) is 5.16 Å². The Kier molecular flexibility index (Phi) is 8.97. The van der Waals surface area contributed by atoms with Crippen molar-refractivity contribution in [1.82, 2.24) is 19.8 Å². The Hall–Kier alpha value is -3.79. The molecule has 2 saturated heterocycles. The van der Waals surface area contributed by atoms with Gasteiger partial charge in [0.25, 0.3) is 5.91 Å². The zero-order chi connectivity index (χ0) is 28.9. The van der Waals surface area contributed by atoms with E-state index in [1.54, 1.807) is 30.7 Å². The van der Waals surface area contributed by atoms with E-state index >= 15 is 0 Å². The summed E-state index contributed by atoms with van der Waals surface area (Å²) in [4.78, 5) is 42.6. The molecule has 0 bridgehead atoms. The number of nitrogens with zero attached hydrogens (tertiary/aromatic N) is 6. The fraction of sp³-hybridized carbons (Fsp3) is 0.419. The van der Waals surface area contributed by atoms with Gasteiger partial charge >= 0.3 is 0 Å². The fourth-order valence-corrected chi connectivity index (χ4v) is 6.07. The third kappa shape index (κ3) is 6.75. The average Bonchev–Trinajstić information content (AvgIpc) is 3.01. The highest BCUT2D eigenvalue weighted by Crippen LogP contribution is 2.28. The van der Waals surface area contributed by atoms with Crippen molar-refractivity contribution in [3.63, 3.8) is 0 Å². The lowest BCUT2D eigenvalue weighted by atomic mass is 10.1. The van der Waals surface area contributed by atoms with Crippen molar-refractivity contribution in [2.75, 3.05) is 69.3 Å². The zero-order valence-corrected chi connectivity index (χ0v) is 25.1. The minimum Gasteiger partial charge on any atom is -0.497 e. The number of ether oxygens (including phenoxy) is 1. The number of amides is 2. The molecule has 9 nitrogen and oxygen atoms in total. The van der Waals surface area contributed by atoms with Crippen molar-refractivity contribution >= 4 is 35.1 Å². The van der Waals surface area contributed by atoms with Gasteiger partial charge in [-0.2, -0.15) is 0 Å². The van der Waals surface area contributed by atoms with Gasteiger partial charge in [-0.15, -0.1) is 0 Å². The van der Waals surface area contributed by atoms with Crippen LogP contribution in [-0.4, -0.2) is 91.0 Å². The van der Waals surface area contributed by atoms with Gasteiger partial charge in [0, 0.05) is 87.5 Å². The maximum absolute atomic E-state index is 12.9. The van der Waals surface area contributed by atoms with Crippen molar-refractivity contribution in [2.24, 2.45) is 0 Å². The normalized spacial score (nSPS) is 15.7. The molecule has 0 saturated carbocycles. The topological polar surface area (TPSA) is 82.1 Å². The number of aryl methyl sites for hydroxylation is 1. The Labute approximate surface area is 246 Å². The molecule has 2 aromatic carbocycles. The van der Waals surface area contributed by atoms with Gasteiger partial charge in [0.1, 0.15) is 11.6 Å². The molecule has 2 aliphatic heterocycles. The van der Waals surface area contributed by atoms with Crippen LogP contribution in [0.4, 0.5) is 11.5 Å². The molecule has 0 N–H and O–H groups in total. The van der Waals surface area contributed by atoms with Gasteiger partial charge in [-0.3, -0.25) is 9.59 Å². The van der Waals surface area contributed by atoms with Crippen LogP contribution < -0.4 is 14.5 Å². The summed E-state index contributed by atoms with van der Waals surface area (Å²) in [7, 11) is 1.69. The summed E-state index contributed by atoms with van der Waals surface area (Å²) in [5, 5.41) is 0.768. The van der Waals surface area contributed by atoms with Crippen LogP contribution >= 0.6 is 11.8 Å². The Morgan fingerprint density at radius 2 is 1.41 bits per heavy atom. The standard InChI is InChI=1S/C31H38N6O3S/c1-22-23(2)32-31(33-29(22)36-17-15-35(16-18-36)27-9-11-28(40-4)12-10-27)41-21-25-5-7-26(8-6-25)30(39)37-19-13-34(14-20-37)24(3)38/h5-12H,13-21H2,1-4H3. The second kappa shape index (κ2) is 12.8. The molecule has 2 aliphatic rings. The molecule has 0 unspecified atom stereocenters. The SMILES string of the molecule is COc1ccc(N2CCN(c3nc(SCc4ccc(C(=O)N5CCN(C(C)=O)CC5)cc4)nc(C)c3C)CC2)cc1. The maximum Gasteiger partial charge on any atom is 0.253 e. The molecule has 5 rings (SSSR count). The van der Waals surface area contributed by atoms with Crippen LogP contribution in [0, 0.1) is 13.8 Å². The lowest BCUT2D eigenvalue weighted by molar-refractivity contribution is -0.130. The van der Waals surface area contributed by atoms with E-state index in [2.05, 4.69) is 35.8 Å². The van der Waals surface area contributed by atoms with Gasteiger partial charge in [-0.05, 0) is 55.8 Å². The number of methoxy groups -OCH3 is 1. The number of thioether (sulfide) groups is 1. The lowest BCUT2D eigenvalue weighted by Gasteiger charge is -2.37. The molecular weight excluding hydrogens is 536 g/mol. The number of hydrogen-bond donors (Lipinski definition) is 0. The first-order valence-corrected chi connectivity index (χ1v) is 15.1. The minimum atomic E-state index is 0.0154. The summed E-state index contributed by atoms with van der Waals surface area (Å²) in [6, 6.07) is 16.0. The largest absolute Gasteiger partial charge is 0.497 e. The van der Waals surface area contributed by atoms with Crippen molar-refractivity contribution in [1.29, 1.82) is 0 Å². The van der Waals surface area contributed by atoms with Gasteiger partial charge in [0.05, 0.1) is 7.11 Å². The van der Waals surface area contributed by atoms with Crippen LogP contribution in [0.3, 0.4) is 0 Å². The molecular formula is C31H38N6O3S. The van der Waals surface area contributed by atoms with Gasteiger partial charge in [0.2, 0.25) is 5.91 Å². The van der Waals surface area contributed by atoms with Crippen LogP contribution in [0.1, 0.15) is 34.1 Å². The smallest absolute Gasteiger partial charge is 0.253 e. The Morgan fingerprint density at radius 3 is 2.02 bits per heavy atom. The van der Waals surface area contributed by atoms with E-state index in [0.717, 1.165) is 65.5 Å². The van der Waals surface area contributed by atoms with E-state index in [1.807, 2.05) is 41.3 Å². The van der Waals surface area contributed by atoms with Crippen LogP contribution in [0.5, 0.6) is 5.75 Å². The highest BCUT2D eigenvalue weighted by molar-refractivity contribution is 7.98. The highest BCUT2D eigenvalue weighted by Gasteiger charge is 2.24. The molecule has 3 heterocycles. The Morgan fingerprint density at radius 1 is 0.805 bits per heavy atom. The molecule has 3 aromatic rings. The molecule has 1 aromatic heterocycles. The quantitative estimate of drug-likeness (QED) is 0.309. The minimum absolute atomic E-state index is 0.0154. The van der Waals surface area contributed by atoms with Crippen LogP contribution in [-0.2, 0) is 10.5 Å². The van der Waals surface area contributed by atoms with Gasteiger partial charge in [-0.25, -0.2) is 9.97 Å². The highest BCUT2D eigenvalue weighted by atomic mass is 32.2. The summed E-state index contributed by atoms with van der Waals surface area (Å²) >= 11 is 1.62. The average molecular weight is 575 g/mol. The van der Waals surface area contributed by atoms with E-state index in [0.29, 0.717) is 31.7 Å². The lowest BCUT2D eigenvalue weighted by Crippen LogP contribution is -2.50. The fourth-order valence-electron chi connectivity index (χ4n) is 5.23. The van der Waals surface area contributed by atoms with E-state index in [-0.39, 0.29) is 11.8 Å². The first kappa shape index (κ1) is 28.7. The van der Waals surface area contributed by atoms with Crippen molar-refractivity contribution in [3.8, 4) is 5.75 Å². The number of piperazine rings is 2. The molecule has 216 valence electrons. The predicted octanol–water partition coefficient (Wildman–Crippen LogP) is 4.03. The number of carbonyl (C=O) groups excluding carboxylic acids is 2. The van der Waals surface area contributed by atoms with Crippen LogP contribution in [0.2, 0.25) is 0 Å². The van der Waals surface area contributed by atoms with Crippen molar-refractivity contribution in [3.05, 3.63) is 70.9 Å². The molecule has 2 amide bonds. The van der Waals surface area contributed by atoms with E-state index < -0.39 is 0 Å². The number of carbonyl (C=O) groups is 2. The number of rotatable bonds is 7. The van der Waals surface area contributed by atoms with Crippen LogP contribution in [0.15, 0.2) is 53.7 Å². The van der Waals surface area contributed by atoms with E-state index in [4.69, 9.17) is 14.7 Å². The summed E-state index contributed by atoms with van der Waals surface area (Å²) in [6.07, 6.45) is 0. The molecule has 2 fully saturated rings. The van der Waals surface area contributed by atoms with Crippen LogP contribution in [0.25, 0.3) is 0 Å². The van der Waals surface area contributed by atoms with E-state index in [1.165, 1.54) is 5.69 Å². The van der Waals surface area contributed by atoms with Gasteiger partial charge in [-0.1, -0.05) is 23.9 Å². The molecule has 0 radical (unpaired) electrons. The zero-order valence-electron chi connectivity index (χ0n) is 24.3. The van der Waals surface area contributed by atoms with Crippen molar-refractivity contribution in [2.45, 2.75) is 31.7 Å². The summed E-state index contributed by atoms with van der Waals surface area (Å²) < 4.78 is 5.29. The summed E-state index contributed by atoms with van der Waals surface area (Å²) in [6.45, 7) is 11.7. The molecule has 0 atom stereocenters. The number of aromatic nitrogens is 2. The van der Waals surface area contributed by atoms with Gasteiger partial charge < -0.3 is 24.3 Å². The van der Waals surface area contributed by atoms with E-state index in [9.17, 15) is 9.59 Å². The second-order valence-electron chi connectivity index (χ2n) is 10.5. The molecule has 41 heavy (non-hydrogen) atoms. The number of benzene rings is 2. The molecule has 10 heteroatoms. The number of hydrogen-bond acceptors (Lipinski definition) is 8. The summed E-state index contributed by atoms with van der Waals surface area (Å²) in [5.74, 6) is 2.68. The third-order valence-electron chi connectivity index (χ3n) is 7.94. The monoisotopic (exact) mass is 574 g/mol. The second-order valence-corrected chi connectivity index (χ2v) is 11.4. The first-order chi connectivity index (χ1) is 19.8. The third-order valence-corrected chi connectivity index (χ3v) is 8.86. The van der Waals surface area contributed by atoms with Crippen molar-refractivity contribution < 1.29 is 14.3 Å². The Balaban J connectivity index is 1.17. The Bertz CT molecular complexity index is 1370. The summed E-state index contributed by atoms with van der Waals surface area (Å²) in [5.41, 5.74) is 5.12. The maximum atomic E-state index is 12.9. The first-order valence-electron chi connectivity index (χ1n) is 14.1.